The molecular weight excluding hydrogens is 302 g/mol. The lowest BCUT2D eigenvalue weighted by Crippen LogP contribution is -2.30. The van der Waals surface area contributed by atoms with Gasteiger partial charge >= 0.3 is 0 Å². The zero-order valence-corrected chi connectivity index (χ0v) is 13.8. The molecule has 0 atom stereocenters. The molecule has 1 aromatic heterocycles. The summed E-state index contributed by atoms with van der Waals surface area (Å²) in [6, 6.07) is 12.4. The molecule has 0 unspecified atom stereocenters. The molecule has 0 amide bonds. The lowest BCUT2D eigenvalue weighted by atomic mass is 9.91. The summed E-state index contributed by atoms with van der Waals surface area (Å²) in [4.78, 5) is 7.04. The normalized spacial score (nSPS) is 15.8. The van der Waals surface area contributed by atoms with E-state index in [0.29, 0.717) is 23.6 Å². The van der Waals surface area contributed by atoms with E-state index in [2.05, 4.69) is 24.2 Å². The zero-order chi connectivity index (χ0) is 16.9. The first-order chi connectivity index (χ1) is 11.7. The van der Waals surface area contributed by atoms with Crippen molar-refractivity contribution >= 4 is 13.8 Å². The molecule has 0 aliphatic carbocycles. The third kappa shape index (κ3) is 3.92. The van der Waals surface area contributed by atoms with Crippen LogP contribution in [0.1, 0.15) is 35.6 Å². The van der Waals surface area contributed by atoms with Gasteiger partial charge in [-0.15, -0.1) is 0 Å². The van der Waals surface area contributed by atoms with E-state index in [9.17, 15) is 4.39 Å². The average molecular weight is 322 g/mol. The van der Waals surface area contributed by atoms with E-state index in [0.717, 1.165) is 37.4 Å². The highest BCUT2D eigenvalue weighted by Gasteiger charge is 2.19. The van der Waals surface area contributed by atoms with Crippen LogP contribution >= 0.6 is 0 Å². The predicted octanol–water partition coefficient (Wildman–Crippen LogP) is 2.43. The van der Waals surface area contributed by atoms with E-state index in [-0.39, 0.29) is 5.82 Å². The second-order valence-electron chi connectivity index (χ2n) is 6.30. The smallest absolute Gasteiger partial charge is 0.185 e. The van der Waals surface area contributed by atoms with Crippen molar-refractivity contribution in [3.63, 3.8) is 0 Å². The molecule has 4 nitrogen and oxygen atoms in total. The fourth-order valence-corrected chi connectivity index (χ4v) is 3.03. The number of aromatic nitrogens is 1. The van der Waals surface area contributed by atoms with Crippen molar-refractivity contribution in [3.05, 3.63) is 59.0 Å². The van der Waals surface area contributed by atoms with Crippen molar-refractivity contribution < 1.29 is 4.39 Å². The van der Waals surface area contributed by atoms with Gasteiger partial charge in [0.1, 0.15) is 11.6 Å². The monoisotopic (exact) mass is 322 g/mol. The Balaban J connectivity index is 1.66. The Morgan fingerprint density at radius 2 is 2.08 bits per heavy atom. The highest BCUT2D eigenvalue weighted by molar-refractivity contribution is 6.04. The van der Waals surface area contributed by atoms with E-state index in [1.807, 2.05) is 18.2 Å². The van der Waals surface area contributed by atoms with Crippen molar-refractivity contribution in [2.45, 2.75) is 25.3 Å². The fourth-order valence-electron chi connectivity index (χ4n) is 3.03. The van der Waals surface area contributed by atoms with Crippen molar-refractivity contribution in [3.8, 4) is 6.07 Å². The standard InChI is InChI=1S/C18H20BFN4/c19-24-8-6-14(7-9-24)17-2-1-3-18(23-17)22-12-15-5-4-13(11-21)10-16(15)20/h1-5,10,14H,6-9,12,19H2,(H,22,23). The van der Waals surface area contributed by atoms with Gasteiger partial charge in [0.25, 0.3) is 0 Å². The van der Waals surface area contributed by atoms with Crippen LogP contribution in [0.2, 0.25) is 0 Å². The summed E-state index contributed by atoms with van der Waals surface area (Å²) in [5, 5.41) is 12.0. The summed E-state index contributed by atoms with van der Waals surface area (Å²) in [5.41, 5.74) is 1.97. The van der Waals surface area contributed by atoms with E-state index in [4.69, 9.17) is 10.2 Å². The molecule has 1 aromatic carbocycles. The quantitative estimate of drug-likeness (QED) is 0.879. The number of nitrogens with zero attached hydrogens (tertiary/aromatic N) is 3. The van der Waals surface area contributed by atoms with Gasteiger partial charge in [0.2, 0.25) is 0 Å². The second-order valence-corrected chi connectivity index (χ2v) is 6.30. The van der Waals surface area contributed by atoms with Crippen molar-refractivity contribution in [2.75, 3.05) is 18.4 Å². The number of benzene rings is 1. The van der Waals surface area contributed by atoms with Crippen molar-refractivity contribution in [1.82, 2.24) is 9.79 Å². The summed E-state index contributed by atoms with van der Waals surface area (Å²) in [6.45, 7) is 2.54. The van der Waals surface area contributed by atoms with Gasteiger partial charge in [-0.25, -0.2) is 9.37 Å². The highest BCUT2D eigenvalue weighted by atomic mass is 19.1. The fraction of sp³-hybridized carbons (Fsp3) is 0.333. The van der Waals surface area contributed by atoms with Gasteiger partial charge in [-0.05, 0) is 50.2 Å². The van der Waals surface area contributed by atoms with E-state index < -0.39 is 0 Å². The van der Waals surface area contributed by atoms with Gasteiger partial charge in [-0.2, -0.15) is 5.26 Å². The van der Waals surface area contributed by atoms with Gasteiger partial charge in [0.15, 0.2) is 7.98 Å². The van der Waals surface area contributed by atoms with Crippen LogP contribution in [0.3, 0.4) is 0 Å². The largest absolute Gasteiger partial charge is 0.366 e. The van der Waals surface area contributed by atoms with Gasteiger partial charge in [0.05, 0.1) is 11.6 Å². The molecule has 3 rings (SSSR count). The number of nitriles is 1. The molecule has 1 saturated heterocycles. The molecule has 0 radical (unpaired) electrons. The maximum atomic E-state index is 13.9. The van der Waals surface area contributed by atoms with E-state index >= 15 is 0 Å². The number of pyridine rings is 1. The first-order valence-electron chi connectivity index (χ1n) is 8.23. The lowest BCUT2D eigenvalue weighted by molar-refractivity contribution is 0.331. The topological polar surface area (TPSA) is 52.0 Å². The van der Waals surface area contributed by atoms with Crippen LogP contribution in [-0.2, 0) is 6.54 Å². The Bertz CT molecular complexity index is 751. The van der Waals surface area contributed by atoms with Crippen LogP contribution in [0, 0.1) is 17.1 Å². The number of hydrogen-bond acceptors (Lipinski definition) is 4. The Morgan fingerprint density at radius 3 is 2.79 bits per heavy atom. The minimum Gasteiger partial charge on any atom is -0.366 e. The first-order valence-corrected chi connectivity index (χ1v) is 8.23. The zero-order valence-electron chi connectivity index (χ0n) is 13.8. The molecule has 0 spiro atoms. The van der Waals surface area contributed by atoms with Crippen LogP contribution in [0.25, 0.3) is 0 Å². The van der Waals surface area contributed by atoms with E-state index in [1.165, 1.54) is 6.07 Å². The highest BCUT2D eigenvalue weighted by Crippen LogP contribution is 2.26. The molecule has 24 heavy (non-hydrogen) atoms. The van der Waals surface area contributed by atoms with Crippen LogP contribution in [0.15, 0.2) is 36.4 Å². The Kier molecular flexibility index (Phi) is 5.12. The van der Waals surface area contributed by atoms with Gasteiger partial charge in [-0.1, -0.05) is 12.1 Å². The van der Waals surface area contributed by atoms with Crippen molar-refractivity contribution in [2.24, 2.45) is 0 Å². The van der Waals surface area contributed by atoms with E-state index in [1.54, 1.807) is 12.1 Å². The SMILES string of the molecule is BN1CCC(c2cccc(NCc3ccc(C#N)cc3F)n2)CC1. The molecule has 1 N–H and O–H groups in total. The van der Waals surface area contributed by atoms with Gasteiger partial charge in [0, 0.05) is 23.7 Å². The third-order valence-corrected chi connectivity index (χ3v) is 4.55. The molecule has 1 aliphatic heterocycles. The van der Waals surface area contributed by atoms with Crippen LogP contribution in [0.5, 0.6) is 0 Å². The summed E-state index contributed by atoms with van der Waals surface area (Å²) in [5.74, 6) is 0.887. The maximum absolute atomic E-state index is 13.9. The Labute approximate surface area is 142 Å². The second kappa shape index (κ2) is 7.46. The third-order valence-electron chi connectivity index (χ3n) is 4.55. The first kappa shape index (κ1) is 16.5. The lowest BCUT2D eigenvalue weighted by Gasteiger charge is -2.29. The Morgan fingerprint density at radius 1 is 1.29 bits per heavy atom. The van der Waals surface area contributed by atoms with Crippen LogP contribution < -0.4 is 5.32 Å². The molecule has 0 saturated carbocycles. The molecular formula is C18H20BFN4. The molecule has 122 valence electrons. The summed E-state index contributed by atoms with van der Waals surface area (Å²) < 4.78 is 13.9. The van der Waals surface area contributed by atoms with Gasteiger partial charge < -0.3 is 10.1 Å². The Hall–Kier alpha value is -2.39. The maximum Gasteiger partial charge on any atom is 0.185 e. The molecule has 6 heteroatoms. The van der Waals surface area contributed by atoms with Gasteiger partial charge in [-0.3, -0.25) is 0 Å². The number of nitrogens with one attached hydrogen (secondary N) is 1. The minimum atomic E-state index is -0.368. The number of halogens is 1. The summed E-state index contributed by atoms with van der Waals surface area (Å²) >= 11 is 0. The van der Waals surface area contributed by atoms with Crippen molar-refractivity contribution in [1.29, 1.82) is 5.26 Å². The number of anilines is 1. The van der Waals surface area contributed by atoms with Crippen LogP contribution in [-0.4, -0.2) is 30.9 Å². The molecule has 2 heterocycles. The molecule has 1 aliphatic rings. The summed E-state index contributed by atoms with van der Waals surface area (Å²) in [7, 11) is 2.15. The minimum absolute atomic E-state index is 0.332. The number of piperidine rings is 1. The molecule has 2 aromatic rings. The van der Waals surface area contributed by atoms with Crippen LogP contribution in [0.4, 0.5) is 10.2 Å². The number of hydrogen-bond donors (Lipinski definition) is 1. The predicted molar refractivity (Wildman–Crippen MR) is 94.8 cm³/mol. The summed E-state index contributed by atoms with van der Waals surface area (Å²) in [6.07, 6.45) is 2.24. The molecule has 0 bridgehead atoms. The average Bonchev–Trinajstić information content (AvgIpc) is 2.61. The molecule has 1 fully saturated rings. The number of rotatable bonds is 4.